The molecule has 1 aromatic carbocycles. The van der Waals surface area contributed by atoms with Crippen molar-refractivity contribution in [3.63, 3.8) is 0 Å². The van der Waals surface area contributed by atoms with Gasteiger partial charge in [-0.05, 0) is 24.3 Å². The SMILES string of the molecule is CC1(C(O)c2cccc(F)c2F)CCCCC1. The maximum absolute atomic E-state index is 13.6. The van der Waals surface area contributed by atoms with E-state index in [1.807, 2.05) is 6.92 Å². The van der Waals surface area contributed by atoms with Crippen molar-refractivity contribution in [1.82, 2.24) is 0 Å². The Balaban J connectivity index is 2.29. The van der Waals surface area contributed by atoms with Gasteiger partial charge in [0.25, 0.3) is 0 Å². The average molecular weight is 240 g/mol. The second kappa shape index (κ2) is 4.73. The number of rotatable bonds is 2. The third kappa shape index (κ3) is 2.34. The summed E-state index contributed by atoms with van der Waals surface area (Å²) in [4.78, 5) is 0. The molecule has 3 heteroatoms. The Morgan fingerprint density at radius 3 is 2.47 bits per heavy atom. The number of aliphatic hydroxyl groups excluding tert-OH is 1. The van der Waals surface area contributed by atoms with E-state index in [-0.39, 0.29) is 11.0 Å². The molecule has 1 N–H and O–H groups in total. The summed E-state index contributed by atoms with van der Waals surface area (Å²) in [5.41, 5.74) is -0.234. The van der Waals surface area contributed by atoms with E-state index in [4.69, 9.17) is 0 Å². The predicted molar refractivity (Wildman–Crippen MR) is 62.5 cm³/mol. The summed E-state index contributed by atoms with van der Waals surface area (Å²) in [7, 11) is 0. The quantitative estimate of drug-likeness (QED) is 0.829. The van der Waals surface area contributed by atoms with Gasteiger partial charge in [0.05, 0.1) is 6.10 Å². The molecule has 17 heavy (non-hydrogen) atoms. The smallest absolute Gasteiger partial charge is 0.164 e. The first-order valence-electron chi connectivity index (χ1n) is 6.16. The molecule has 0 saturated heterocycles. The van der Waals surface area contributed by atoms with Crippen molar-refractivity contribution >= 4 is 0 Å². The molecule has 0 radical (unpaired) electrons. The van der Waals surface area contributed by atoms with E-state index in [9.17, 15) is 13.9 Å². The highest BCUT2D eigenvalue weighted by atomic mass is 19.2. The topological polar surface area (TPSA) is 20.2 Å². The molecule has 1 aromatic rings. The van der Waals surface area contributed by atoms with E-state index in [1.165, 1.54) is 12.1 Å². The maximum atomic E-state index is 13.6. The molecular formula is C14H18F2O. The van der Waals surface area contributed by atoms with Crippen molar-refractivity contribution in [2.24, 2.45) is 5.41 Å². The van der Waals surface area contributed by atoms with Crippen LogP contribution in [0.25, 0.3) is 0 Å². The Morgan fingerprint density at radius 1 is 1.18 bits per heavy atom. The highest BCUT2D eigenvalue weighted by molar-refractivity contribution is 5.23. The number of halogens is 2. The molecule has 94 valence electrons. The van der Waals surface area contributed by atoms with Crippen LogP contribution in [0.3, 0.4) is 0 Å². The second-order valence-electron chi connectivity index (χ2n) is 5.26. The van der Waals surface area contributed by atoms with Crippen molar-refractivity contribution in [3.8, 4) is 0 Å². The molecule has 1 atom stereocenters. The van der Waals surface area contributed by atoms with Gasteiger partial charge in [-0.15, -0.1) is 0 Å². The van der Waals surface area contributed by atoms with Gasteiger partial charge < -0.3 is 5.11 Å². The Kier molecular flexibility index (Phi) is 3.48. The Hall–Kier alpha value is -0.960. The molecule has 2 rings (SSSR count). The summed E-state index contributed by atoms with van der Waals surface area (Å²) in [6.07, 6.45) is 4.07. The molecule has 0 heterocycles. The van der Waals surface area contributed by atoms with Crippen molar-refractivity contribution in [2.45, 2.75) is 45.1 Å². The summed E-state index contributed by atoms with van der Waals surface area (Å²) < 4.78 is 26.8. The number of hydrogen-bond donors (Lipinski definition) is 1. The number of benzene rings is 1. The summed E-state index contributed by atoms with van der Waals surface area (Å²) in [5.74, 6) is -1.80. The van der Waals surface area contributed by atoms with Gasteiger partial charge in [-0.3, -0.25) is 0 Å². The van der Waals surface area contributed by atoms with Gasteiger partial charge in [-0.2, -0.15) is 0 Å². The molecule has 1 aliphatic carbocycles. The third-order valence-corrected chi connectivity index (χ3v) is 3.93. The van der Waals surface area contributed by atoms with Crippen LogP contribution in [0.15, 0.2) is 18.2 Å². The second-order valence-corrected chi connectivity index (χ2v) is 5.26. The van der Waals surface area contributed by atoms with Crippen LogP contribution in [0.2, 0.25) is 0 Å². The lowest BCUT2D eigenvalue weighted by Gasteiger charge is -2.38. The molecule has 0 aromatic heterocycles. The third-order valence-electron chi connectivity index (χ3n) is 3.93. The van der Waals surface area contributed by atoms with Crippen LogP contribution in [0, 0.1) is 17.0 Å². The standard InChI is InChI=1S/C14H18F2O/c1-14(8-3-2-4-9-14)13(17)10-6-5-7-11(15)12(10)16/h5-7,13,17H,2-4,8-9H2,1H3. The summed E-state index contributed by atoms with van der Waals surface area (Å²) >= 11 is 0. The van der Waals surface area contributed by atoms with Gasteiger partial charge in [0, 0.05) is 5.56 Å². The van der Waals surface area contributed by atoms with Crippen molar-refractivity contribution in [3.05, 3.63) is 35.4 Å². The number of hydrogen-bond acceptors (Lipinski definition) is 1. The lowest BCUT2D eigenvalue weighted by atomic mass is 9.70. The fourth-order valence-electron chi connectivity index (χ4n) is 2.74. The van der Waals surface area contributed by atoms with Crippen LogP contribution in [0.1, 0.15) is 50.7 Å². The molecule has 1 fully saturated rings. The minimum Gasteiger partial charge on any atom is -0.388 e. The van der Waals surface area contributed by atoms with E-state index in [0.717, 1.165) is 38.2 Å². The minimum absolute atomic E-state index is 0.0920. The van der Waals surface area contributed by atoms with Crippen molar-refractivity contribution in [2.75, 3.05) is 0 Å². The zero-order valence-electron chi connectivity index (χ0n) is 10.0. The first-order valence-corrected chi connectivity index (χ1v) is 6.16. The van der Waals surface area contributed by atoms with Gasteiger partial charge in [-0.25, -0.2) is 8.78 Å². The lowest BCUT2D eigenvalue weighted by Crippen LogP contribution is -2.29. The van der Waals surface area contributed by atoms with Crippen LogP contribution in [0.5, 0.6) is 0 Å². The van der Waals surface area contributed by atoms with Crippen LogP contribution in [-0.2, 0) is 0 Å². The van der Waals surface area contributed by atoms with Crippen LogP contribution in [-0.4, -0.2) is 5.11 Å². The summed E-state index contributed by atoms with van der Waals surface area (Å²) in [6, 6.07) is 4.00. The van der Waals surface area contributed by atoms with Gasteiger partial charge in [0.1, 0.15) is 0 Å². The highest BCUT2D eigenvalue weighted by Crippen LogP contribution is 2.46. The van der Waals surface area contributed by atoms with E-state index < -0.39 is 17.7 Å². The molecule has 1 unspecified atom stereocenters. The fourth-order valence-corrected chi connectivity index (χ4v) is 2.74. The fraction of sp³-hybridized carbons (Fsp3) is 0.571. The first kappa shape index (κ1) is 12.5. The Morgan fingerprint density at radius 2 is 1.82 bits per heavy atom. The summed E-state index contributed by atoms with van der Waals surface area (Å²) in [5, 5.41) is 10.3. The molecule has 0 bridgehead atoms. The van der Waals surface area contributed by atoms with Crippen LogP contribution >= 0.6 is 0 Å². The van der Waals surface area contributed by atoms with Gasteiger partial charge in [0.2, 0.25) is 0 Å². The molecular weight excluding hydrogens is 222 g/mol. The summed E-state index contributed by atoms with van der Waals surface area (Å²) in [6.45, 7) is 1.96. The van der Waals surface area contributed by atoms with Crippen molar-refractivity contribution in [1.29, 1.82) is 0 Å². The molecule has 1 saturated carbocycles. The molecule has 0 amide bonds. The monoisotopic (exact) mass is 240 g/mol. The van der Waals surface area contributed by atoms with E-state index in [1.54, 1.807) is 0 Å². The Labute approximate surface area is 100 Å². The largest absolute Gasteiger partial charge is 0.388 e. The van der Waals surface area contributed by atoms with Gasteiger partial charge in [0.15, 0.2) is 11.6 Å². The molecule has 0 spiro atoms. The predicted octanol–water partition coefficient (Wildman–Crippen LogP) is 3.97. The van der Waals surface area contributed by atoms with Crippen LogP contribution in [0.4, 0.5) is 8.78 Å². The average Bonchev–Trinajstić information content (AvgIpc) is 2.33. The van der Waals surface area contributed by atoms with Gasteiger partial charge in [-0.1, -0.05) is 38.3 Å². The van der Waals surface area contributed by atoms with E-state index in [0.29, 0.717) is 0 Å². The minimum atomic E-state index is -0.918. The zero-order chi connectivity index (χ0) is 12.5. The van der Waals surface area contributed by atoms with Crippen molar-refractivity contribution < 1.29 is 13.9 Å². The normalized spacial score (nSPS) is 21.2. The molecule has 1 aliphatic rings. The van der Waals surface area contributed by atoms with E-state index in [2.05, 4.69) is 0 Å². The zero-order valence-corrected chi connectivity index (χ0v) is 10.0. The molecule has 0 aliphatic heterocycles. The first-order chi connectivity index (χ1) is 8.04. The van der Waals surface area contributed by atoms with E-state index >= 15 is 0 Å². The van der Waals surface area contributed by atoms with Gasteiger partial charge >= 0.3 is 0 Å². The molecule has 1 nitrogen and oxygen atoms in total. The number of aliphatic hydroxyl groups is 1. The lowest BCUT2D eigenvalue weighted by molar-refractivity contribution is 0.00545. The maximum Gasteiger partial charge on any atom is 0.164 e. The van der Waals surface area contributed by atoms with Crippen LogP contribution < -0.4 is 0 Å². The highest BCUT2D eigenvalue weighted by Gasteiger charge is 2.36. The Bertz CT molecular complexity index is 397.